The second-order valence-corrected chi connectivity index (χ2v) is 4.57. The first-order valence-corrected chi connectivity index (χ1v) is 6.36. The van der Waals surface area contributed by atoms with Gasteiger partial charge in [0.05, 0.1) is 0 Å². The molecule has 1 aliphatic heterocycles. The average Bonchev–Trinajstić information content (AvgIpc) is 3.10. The number of carbonyl (C=O) groups excluding carboxylic acids is 2. The lowest BCUT2D eigenvalue weighted by Gasteiger charge is -2.21. The largest absolute Gasteiger partial charge is 0.460 e. The maximum atomic E-state index is 11.7. The predicted molar refractivity (Wildman–Crippen MR) is 60.3 cm³/mol. The molecule has 2 aliphatic rings. The minimum atomic E-state index is -0.677. The van der Waals surface area contributed by atoms with E-state index in [2.05, 4.69) is 5.32 Å². The van der Waals surface area contributed by atoms with Crippen molar-refractivity contribution >= 4 is 11.9 Å². The maximum absolute atomic E-state index is 11.7. The number of esters is 1. The minimum absolute atomic E-state index is 0.0235. The fraction of sp³-hybridized carbons (Fsp3) is 0.833. The molecule has 0 aromatic rings. The molecule has 17 heavy (non-hydrogen) atoms. The van der Waals surface area contributed by atoms with Gasteiger partial charge in [0, 0.05) is 6.54 Å². The molecule has 2 unspecified atom stereocenters. The van der Waals surface area contributed by atoms with Gasteiger partial charge >= 0.3 is 5.97 Å². The molecule has 5 nitrogen and oxygen atoms in total. The van der Waals surface area contributed by atoms with Crippen molar-refractivity contribution in [3.8, 4) is 0 Å². The predicted octanol–water partition coefficient (Wildman–Crippen LogP) is 0.766. The van der Waals surface area contributed by atoms with Gasteiger partial charge in [-0.15, -0.1) is 0 Å². The molecule has 0 spiro atoms. The van der Waals surface area contributed by atoms with Crippen LogP contribution in [0.4, 0.5) is 0 Å². The molecule has 0 bridgehead atoms. The summed E-state index contributed by atoms with van der Waals surface area (Å²) in [5.74, 6) is -0.605. The lowest BCUT2D eigenvalue weighted by Crippen LogP contribution is -2.31. The van der Waals surface area contributed by atoms with E-state index in [4.69, 9.17) is 9.47 Å². The van der Waals surface area contributed by atoms with E-state index in [1.165, 1.54) is 6.42 Å². The van der Waals surface area contributed by atoms with Crippen molar-refractivity contribution in [2.45, 2.75) is 57.3 Å². The van der Waals surface area contributed by atoms with Gasteiger partial charge in [0.25, 0.3) is 5.91 Å². The number of amides is 1. The molecule has 1 saturated carbocycles. The van der Waals surface area contributed by atoms with E-state index >= 15 is 0 Å². The third-order valence-electron chi connectivity index (χ3n) is 3.17. The normalized spacial score (nSPS) is 28.5. The summed E-state index contributed by atoms with van der Waals surface area (Å²) in [6.07, 6.45) is 4.03. The SMILES string of the molecule is CCNC(=O)C1OC1C(=O)OC1CCCCC1. The van der Waals surface area contributed by atoms with Crippen LogP contribution in [-0.2, 0) is 19.1 Å². The summed E-state index contributed by atoms with van der Waals surface area (Å²) in [5, 5.41) is 2.62. The number of nitrogens with one attached hydrogen (secondary N) is 1. The van der Waals surface area contributed by atoms with Gasteiger partial charge in [-0.3, -0.25) is 4.79 Å². The smallest absolute Gasteiger partial charge is 0.338 e. The van der Waals surface area contributed by atoms with Gasteiger partial charge in [0.15, 0.2) is 12.2 Å². The minimum Gasteiger partial charge on any atom is -0.460 e. The van der Waals surface area contributed by atoms with Crippen molar-refractivity contribution in [1.82, 2.24) is 5.32 Å². The van der Waals surface area contributed by atoms with E-state index in [1.807, 2.05) is 6.92 Å². The van der Waals surface area contributed by atoms with Crippen molar-refractivity contribution in [1.29, 1.82) is 0 Å². The van der Waals surface area contributed by atoms with E-state index < -0.39 is 12.2 Å². The molecule has 2 rings (SSSR count). The molecule has 5 heteroatoms. The van der Waals surface area contributed by atoms with E-state index in [1.54, 1.807) is 0 Å². The Balaban J connectivity index is 1.73. The molecule has 1 N–H and O–H groups in total. The Morgan fingerprint density at radius 3 is 2.59 bits per heavy atom. The van der Waals surface area contributed by atoms with Crippen LogP contribution in [0.2, 0.25) is 0 Å². The molecule has 0 aromatic heterocycles. The Morgan fingerprint density at radius 2 is 1.94 bits per heavy atom. The molecule has 1 amide bonds. The standard InChI is InChI=1S/C12H19NO4/c1-2-13-11(14)9-10(17-9)12(15)16-8-6-4-3-5-7-8/h8-10H,2-7H2,1H3,(H,13,14). The highest BCUT2D eigenvalue weighted by molar-refractivity contribution is 5.92. The Bertz CT molecular complexity index is 299. The van der Waals surface area contributed by atoms with Crippen LogP contribution < -0.4 is 5.32 Å². The van der Waals surface area contributed by atoms with Gasteiger partial charge in [0.1, 0.15) is 6.10 Å². The van der Waals surface area contributed by atoms with Crippen LogP contribution in [-0.4, -0.2) is 36.7 Å². The first kappa shape index (κ1) is 12.4. The number of likely N-dealkylation sites (N-methyl/N-ethyl adjacent to an activating group) is 1. The van der Waals surface area contributed by atoms with Crippen LogP contribution in [0.25, 0.3) is 0 Å². The summed E-state index contributed by atoms with van der Waals surface area (Å²) < 4.78 is 10.4. The molecule has 1 aliphatic carbocycles. The van der Waals surface area contributed by atoms with Gasteiger partial charge in [-0.2, -0.15) is 0 Å². The molecular formula is C12H19NO4. The monoisotopic (exact) mass is 241 g/mol. The van der Waals surface area contributed by atoms with Gasteiger partial charge in [0.2, 0.25) is 0 Å². The molecule has 0 aromatic carbocycles. The number of hydrogen-bond acceptors (Lipinski definition) is 4. The highest BCUT2D eigenvalue weighted by Crippen LogP contribution is 2.27. The van der Waals surface area contributed by atoms with Crippen molar-refractivity contribution in [2.24, 2.45) is 0 Å². The molecule has 1 saturated heterocycles. The van der Waals surface area contributed by atoms with Crippen molar-refractivity contribution in [3.05, 3.63) is 0 Å². The fourth-order valence-electron chi connectivity index (χ4n) is 2.18. The number of hydrogen-bond donors (Lipinski definition) is 1. The van der Waals surface area contributed by atoms with E-state index in [0.29, 0.717) is 6.54 Å². The fourth-order valence-corrected chi connectivity index (χ4v) is 2.18. The Morgan fingerprint density at radius 1 is 1.24 bits per heavy atom. The van der Waals surface area contributed by atoms with Crippen LogP contribution in [0, 0.1) is 0 Å². The number of carbonyl (C=O) groups is 2. The zero-order valence-corrected chi connectivity index (χ0v) is 10.1. The maximum Gasteiger partial charge on any atom is 0.338 e. The molecule has 0 radical (unpaired) electrons. The number of epoxide rings is 1. The lowest BCUT2D eigenvalue weighted by molar-refractivity contribution is -0.152. The summed E-state index contributed by atoms with van der Waals surface area (Å²) in [6.45, 7) is 2.37. The van der Waals surface area contributed by atoms with Gasteiger partial charge < -0.3 is 14.8 Å². The first-order valence-electron chi connectivity index (χ1n) is 6.36. The molecule has 2 atom stereocenters. The van der Waals surface area contributed by atoms with Crippen LogP contribution in [0.1, 0.15) is 39.0 Å². The summed E-state index contributed by atoms with van der Waals surface area (Å²) in [7, 11) is 0. The summed E-state index contributed by atoms with van der Waals surface area (Å²) in [4.78, 5) is 23.0. The van der Waals surface area contributed by atoms with Crippen molar-refractivity contribution < 1.29 is 19.1 Å². The van der Waals surface area contributed by atoms with E-state index in [9.17, 15) is 9.59 Å². The van der Waals surface area contributed by atoms with Crippen LogP contribution in [0.5, 0.6) is 0 Å². The van der Waals surface area contributed by atoms with Gasteiger partial charge in [-0.05, 0) is 32.6 Å². The molecule has 96 valence electrons. The molecule has 1 heterocycles. The highest BCUT2D eigenvalue weighted by Gasteiger charge is 2.51. The van der Waals surface area contributed by atoms with E-state index in [0.717, 1.165) is 25.7 Å². The zero-order chi connectivity index (χ0) is 12.3. The number of ether oxygens (including phenoxy) is 2. The van der Waals surface area contributed by atoms with Gasteiger partial charge in [-0.25, -0.2) is 4.79 Å². The average molecular weight is 241 g/mol. The van der Waals surface area contributed by atoms with Crippen LogP contribution in [0.3, 0.4) is 0 Å². The Hall–Kier alpha value is -1.10. The third kappa shape index (κ3) is 3.19. The second kappa shape index (κ2) is 5.49. The quantitative estimate of drug-likeness (QED) is 0.583. The Kier molecular flexibility index (Phi) is 3.99. The summed E-state index contributed by atoms with van der Waals surface area (Å²) in [6, 6.07) is 0. The first-order chi connectivity index (χ1) is 8.22. The molecular weight excluding hydrogens is 222 g/mol. The lowest BCUT2D eigenvalue weighted by atomic mass is 9.98. The molecule has 2 fully saturated rings. The highest BCUT2D eigenvalue weighted by atomic mass is 16.6. The van der Waals surface area contributed by atoms with E-state index in [-0.39, 0.29) is 18.0 Å². The zero-order valence-electron chi connectivity index (χ0n) is 10.1. The number of rotatable bonds is 4. The topological polar surface area (TPSA) is 67.9 Å². The van der Waals surface area contributed by atoms with Crippen molar-refractivity contribution in [3.63, 3.8) is 0 Å². The van der Waals surface area contributed by atoms with Gasteiger partial charge in [-0.1, -0.05) is 6.42 Å². The third-order valence-corrected chi connectivity index (χ3v) is 3.17. The summed E-state index contributed by atoms with van der Waals surface area (Å²) >= 11 is 0. The second-order valence-electron chi connectivity index (χ2n) is 4.57. The van der Waals surface area contributed by atoms with Crippen LogP contribution >= 0.6 is 0 Å². The Labute approximate surface area is 101 Å². The van der Waals surface area contributed by atoms with Crippen molar-refractivity contribution in [2.75, 3.05) is 6.54 Å². The summed E-state index contributed by atoms with van der Waals surface area (Å²) in [5.41, 5.74) is 0. The van der Waals surface area contributed by atoms with Crippen LogP contribution in [0.15, 0.2) is 0 Å².